The van der Waals surface area contributed by atoms with E-state index in [9.17, 15) is 0 Å². The van der Waals surface area contributed by atoms with Gasteiger partial charge in [0.05, 0.1) is 0 Å². The highest BCUT2D eigenvalue weighted by Gasteiger charge is 2.28. The van der Waals surface area contributed by atoms with Gasteiger partial charge >= 0.3 is 0 Å². The zero-order valence-corrected chi connectivity index (χ0v) is 8.54. The Morgan fingerprint density at radius 1 is 1.47 bits per heavy atom. The monoisotopic (exact) mass is 204 g/mol. The SMILES string of the molecule is Cn1nc(C2CC2)nc1Cn1cncn1. The van der Waals surface area contributed by atoms with E-state index in [-0.39, 0.29) is 0 Å². The van der Waals surface area contributed by atoms with Crippen LogP contribution in [0.3, 0.4) is 0 Å². The van der Waals surface area contributed by atoms with Gasteiger partial charge in [-0.2, -0.15) is 10.2 Å². The standard InChI is InChI=1S/C9H12N6/c1-14-8(4-15-6-10-5-11-15)12-9(13-14)7-2-3-7/h5-7H,2-4H2,1H3. The van der Waals surface area contributed by atoms with Crippen molar-refractivity contribution in [1.82, 2.24) is 29.5 Å². The fourth-order valence-corrected chi connectivity index (χ4v) is 1.55. The molecule has 15 heavy (non-hydrogen) atoms. The molecule has 0 aliphatic heterocycles. The van der Waals surface area contributed by atoms with Crippen molar-refractivity contribution in [3.63, 3.8) is 0 Å². The van der Waals surface area contributed by atoms with Crippen LogP contribution in [0.15, 0.2) is 12.7 Å². The maximum Gasteiger partial charge on any atom is 0.154 e. The molecule has 0 amide bonds. The van der Waals surface area contributed by atoms with E-state index in [1.54, 1.807) is 11.0 Å². The first kappa shape index (κ1) is 8.58. The quantitative estimate of drug-likeness (QED) is 0.723. The van der Waals surface area contributed by atoms with Crippen LogP contribution >= 0.6 is 0 Å². The van der Waals surface area contributed by atoms with E-state index in [2.05, 4.69) is 20.2 Å². The second kappa shape index (κ2) is 3.15. The molecule has 2 heterocycles. The van der Waals surface area contributed by atoms with Crippen molar-refractivity contribution in [2.45, 2.75) is 25.3 Å². The molecule has 1 fully saturated rings. The molecule has 6 nitrogen and oxygen atoms in total. The molecule has 0 radical (unpaired) electrons. The summed E-state index contributed by atoms with van der Waals surface area (Å²) in [5.74, 6) is 2.51. The number of nitrogens with zero attached hydrogens (tertiary/aromatic N) is 6. The van der Waals surface area contributed by atoms with Crippen molar-refractivity contribution in [3.8, 4) is 0 Å². The smallest absolute Gasteiger partial charge is 0.154 e. The van der Waals surface area contributed by atoms with Gasteiger partial charge in [-0.05, 0) is 12.8 Å². The Kier molecular flexibility index (Phi) is 1.80. The number of aryl methyl sites for hydroxylation is 1. The molecule has 0 N–H and O–H groups in total. The first-order chi connectivity index (χ1) is 7.33. The Balaban J connectivity index is 1.84. The van der Waals surface area contributed by atoms with Crippen molar-refractivity contribution in [2.24, 2.45) is 7.05 Å². The van der Waals surface area contributed by atoms with E-state index in [0.29, 0.717) is 12.5 Å². The molecule has 0 atom stereocenters. The first-order valence-electron chi connectivity index (χ1n) is 5.05. The summed E-state index contributed by atoms with van der Waals surface area (Å²) in [7, 11) is 1.92. The zero-order chi connectivity index (χ0) is 10.3. The molecule has 78 valence electrons. The second-order valence-electron chi connectivity index (χ2n) is 3.88. The fourth-order valence-electron chi connectivity index (χ4n) is 1.55. The molecule has 0 bridgehead atoms. The predicted molar refractivity (Wildman–Crippen MR) is 52.1 cm³/mol. The molecule has 0 spiro atoms. The van der Waals surface area contributed by atoms with Crippen LogP contribution in [0.25, 0.3) is 0 Å². The third-order valence-corrected chi connectivity index (χ3v) is 2.58. The summed E-state index contributed by atoms with van der Waals surface area (Å²) in [6.45, 7) is 0.635. The third-order valence-electron chi connectivity index (χ3n) is 2.58. The summed E-state index contributed by atoms with van der Waals surface area (Å²) in [5, 5.41) is 8.44. The molecule has 1 saturated carbocycles. The van der Waals surface area contributed by atoms with Gasteiger partial charge in [-0.25, -0.2) is 14.6 Å². The Morgan fingerprint density at radius 2 is 2.33 bits per heavy atom. The lowest BCUT2D eigenvalue weighted by Crippen LogP contribution is -2.06. The van der Waals surface area contributed by atoms with E-state index < -0.39 is 0 Å². The Hall–Kier alpha value is -1.72. The molecule has 0 unspecified atom stereocenters. The van der Waals surface area contributed by atoms with Gasteiger partial charge in [0.2, 0.25) is 0 Å². The highest BCUT2D eigenvalue weighted by atomic mass is 15.4. The Morgan fingerprint density at radius 3 is 3.00 bits per heavy atom. The summed E-state index contributed by atoms with van der Waals surface area (Å²) in [4.78, 5) is 8.41. The Labute approximate surface area is 87.0 Å². The summed E-state index contributed by atoms with van der Waals surface area (Å²) >= 11 is 0. The van der Waals surface area contributed by atoms with Gasteiger partial charge in [-0.3, -0.25) is 4.68 Å². The zero-order valence-electron chi connectivity index (χ0n) is 8.54. The molecule has 1 aliphatic carbocycles. The van der Waals surface area contributed by atoms with Gasteiger partial charge in [0.25, 0.3) is 0 Å². The maximum absolute atomic E-state index is 4.51. The van der Waals surface area contributed by atoms with Crippen LogP contribution in [0.5, 0.6) is 0 Å². The van der Waals surface area contributed by atoms with Crippen molar-refractivity contribution in [3.05, 3.63) is 24.3 Å². The average Bonchev–Trinajstić information content (AvgIpc) is 2.84. The lowest BCUT2D eigenvalue weighted by atomic mass is 10.4. The molecule has 0 saturated heterocycles. The van der Waals surface area contributed by atoms with Crippen molar-refractivity contribution in [2.75, 3.05) is 0 Å². The highest BCUT2D eigenvalue weighted by molar-refractivity contribution is 5.05. The van der Waals surface area contributed by atoms with Crippen molar-refractivity contribution in [1.29, 1.82) is 0 Å². The summed E-state index contributed by atoms with van der Waals surface area (Å²) < 4.78 is 3.58. The van der Waals surface area contributed by atoms with Crippen LogP contribution in [-0.4, -0.2) is 29.5 Å². The molecular weight excluding hydrogens is 192 g/mol. The summed E-state index contributed by atoms with van der Waals surface area (Å²) in [5.41, 5.74) is 0. The van der Waals surface area contributed by atoms with E-state index in [1.807, 2.05) is 11.7 Å². The van der Waals surface area contributed by atoms with Gasteiger partial charge in [0.15, 0.2) is 5.82 Å². The minimum Gasteiger partial charge on any atom is -0.251 e. The molecule has 3 rings (SSSR count). The predicted octanol–water partition coefficient (Wildman–Crippen LogP) is 0.332. The molecule has 6 heteroatoms. The van der Waals surface area contributed by atoms with Crippen LogP contribution in [0.2, 0.25) is 0 Å². The normalized spacial score (nSPS) is 15.8. The van der Waals surface area contributed by atoms with E-state index in [0.717, 1.165) is 11.6 Å². The first-order valence-corrected chi connectivity index (χ1v) is 5.05. The largest absolute Gasteiger partial charge is 0.251 e. The van der Waals surface area contributed by atoms with Gasteiger partial charge < -0.3 is 0 Å². The van der Waals surface area contributed by atoms with E-state index >= 15 is 0 Å². The topological polar surface area (TPSA) is 61.4 Å². The highest BCUT2D eigenvalue weighted by Crippen LogP contribution is 2.37. The third kappa shape index (κ3) is 1.62. The number of aromatic nitrogens is 6. The van der Waals surface area contributed by atoms with Gasteiger partial charge in [-0.1, -0.05) is 0 Å². The molecular formula is C9H12N6. The molecule has 0 aromatic carbocycles. The van der Waals surface area contributed by atoms with Crippen molar-refractivity contribution >= 4 is 0 Å². The molecule has 2 aromatic heterocycles. The van der Waals surface area contributed by atoms with E-state index in [1.165, 1.54) is 19.2 Å². The van der Waals surface area contributed by atoms with Crippen molar-refractivity contribution < 1.29 is 0 Å². The maximum atomic E-state index is 4.51. The Bertz CT molecular complexity index is 453. The summed E-state index contributed by atoms with van der Waals surface area (Å²) in [6, 6.07) is 0. The molecule has 1 aliphatic rings. The number of rotatable bonds is 3. The number of hydrogen-bond acceptors (Lipinski definition) is 4. The van der Waals surface area contributed by atoms with Crippen LogP contribution in [0.4, 0.5) is 0 Å². The minimum atomic E-state index is 0.598. The number of hydrogen-bond donors (Lipinski definition) is 0. The van der Waals surface area contributed by atoms with Gasteiger partial charge in [-0.15, -0.1) is 0 Å². The van der Waals surface area contributed by atoms with Crippen LogP contribution in [0.1, 0.15) is 30.4 Å². The minimum absolute atomic E-state index is 0.598. The molecule has 2 aromatic rings. The second-order valence-corrected chi connectivity index (χ2v) is 3.88. The van der Waals surface area contributed by atoms with Crippen LogP contribution in [0, 0.1) is 0 Å². The van der Waals surface area contributed by atoms with E-state index in [4.69, 9.17) is 0 Å². The lowest BCUT2D eigenvalue weighted by Gasteiger charge is -1.98. The van der Waals surface area contributed by atoms with Gasteiger partial charge in [0, 0.05) is 13.0 Å². The fraction of sp³-hybridized carbons (Fsp3) is 0.556. The summed E-state index contributed by atoms with van der Waals surface area (Å²) in [6.07, 6.45) is 5.67. The van der Waals surface area contributed by atoms with Crippen LogP contribution in [-0.2, 0) is 13.6 Å². The van der Waals surface area contributed by atoms with Gasteiger partial charge in [0.1, 0.15) is 25.0 Å². The average molecular weight is 204 g/mol. The lowest BCUT2D eigenvalue weighted by molar-refractivity contribution is 0.606. The van der Waals surface area contributed by atoms with Crippen LogP contribution < -0.4 is 0 Å².